The van der Waals surface area contributed by atoms with Gasteiger partial charge in [0.05, 0.1) is 18.0 Å². The molecule has 0 spiro atoms. The first-order chi connectivity index (χ1) is 8.95. The summed E-state index contributed by atoms with van der Waals surface area (Å²) in [5.74, 6) is 0.0510. The Morgan fingerprint density at radius 1 is 1.53 bits per heavy atom. The monoisotopic (exact) mass is 301 g/mol. The van der Waals surface area contributed by atoms with Gasteiger partial charge in [0, 0.05) is 13.2 Å². The van der Waals surface area contributed by atoms with Crippen molar-refractivity contribution in [3.05, 3.63) is 18.0 Å². The standard InChI is InChI=1S/C10H15N5O2S2/c1-3-19(16,17)8-9(11)14-18-10(8)12-6-7-4-5-13-15(7)2/h4-5,12H,3,6H2,1-2H3,(H2,11,14). The Kier molecular flexibility index (Phi) is 3.76. The minimum atomic E-state index is -3.38. The second-order valence-electron chi connectivity index (χ2n) is 3.93. The molecule has 19 heavy (non-hydrogen) atoms. The van der Waals surface area contributed by atoms with Gasteiger partial charge in [-0.3, -0.25) is 4.68 Å². The number of anilines is 2. The topological polar surface area (TPSA) is 103 Å². The molecule has 0 aromatic carbocycles. The Morgan fingerprint density at radius 2 is 2.26 bits per heavy atom. The third-order valence-electron chi connectivity index (χ3n) is 2.72. The summed E-state index contributed by atoms with van der Waals surface area (Å²) in [7, 11) is -1.56. The summed E-state index contributed by atoms with van der Waals surface area (Å²) < 4.78 is 29.5. The lowest BCUT2D eigenvalue weighted by molar-refractivity contribution is 0.598. The normalized spacial score (nSPS) is 11.7. The van der Waals surface area contributed by atoms with Gasteiger partial charge in [0.2, 0.25) is 0 Å². The number of hydrogen-bond acceptors (Lipinski definition) is 7. The summed E-state index contributed by atoms with van der Waals surface area (Å²) in [6.07, 6.45) is 1.68. The van der Waals surface area contributed by atoms with Crippen molar-refractivity contribution in [3.63, 3.8) is 0 Å². The van der Waals surface area contributed by atoms with Gasteiger partial charge in [0.1, 0.15) is 9.90 Å². The second-order valence-corrected chi connectivity index (χ2v) is 6.92. The predicted molar refractivity (Wildman–Crippen MR) is 74.8 cm³/mol. The third kappa shape index (κ3) is 2.71. The number of nitrogens with two attached hydrogens (primary N) is 1. The molecule has 0 aliphatic carbocycles. The van der Waals surface area contributed by atoms with Crippen molar-refractivity contribution in [2.45, 2.75) is 18.4 Å². The van der Waals surface area contributed by atoms with E-state index < -0.39 is 9.84 Å². The van der Waals surface area contributed by atoms with Crippen LogP contribution in [0.4, 0.5) is 10.8 Å². The van der Waals surface area contributed by atoms with E-state index in [2.05, 4.69) is 14.8 Å². The van der Waals surface area contributed by atoms with Crippen molar-refractivity contribution in [2.75, 3.05) is 16.8 Å². The van der Waals surface area contributed by atoms with Crippen molar-refractivity contribution in [1.29, 1.82) is 0 Å². The fourth-order valence-electron chi connectivity index (χ4n) is 1.60. The highest BCUT2D eigenvalue weighted by atomic mass is 32.2. The third-order valence-corrected chi connectivity index (χ3v) is 5.46. The molecule has 0 unspecified atom stereocenters. The van der Waals surface area contributed by atoms with Crippen LogP contribution in [0.1, 0.15) is 12.6 Å². The highest BCUT2D eigenvalue weighted by Gasteiger charge is 2.23. The Morgan fingerprint density at radius 3 is 2.84 bits per heavy atom. The molecule has 2 aromatic rings. The zero-order valence-electron chi connectivity index (χ0n) is 10.6. The number of nitrogens with zero attached hydrogens (tertiary/aromatic N) is 3. The van der Waals surface area contributed by atoms with Crippen LogP contribution in [-0.2, 0) is 23.4 Å². The summed E-state index contributed by atoms with van der Waals surface area (Å²) in [6, 6.07) is 1.85. The highest BCUT2D eigenvalue weighted by Crippen LogP contribution is 2.32. The SMILES string of the molecule is CCS(=O)(=O)c1c(N)nsc1NCc1ccnn1C. The average molecular weight is 301 g/mol. The molecule has 0 amide bonds. The fourth-order valence-corrected chi connectivity index (χ4v) is 3.76. The molecule has 0 radical (unpaired) electrons. The maximum Gasteiger partial charge on any atom is 0.184 e. The summed E-state index contributed by atoms with van der Waals surface area (Å²) >= 11 is 1.05. The van der Waals surface area contributed by atoms with Gasteiger partial charge in [-0.1, -0.05) is 6.92 Å². The molecule has 3 N–H and O–H groups in total. The van der Waals surface area contributed by atoms with Gasteiger partial charge < -0.3 is 11.1 Å². The van der Waals surface area contributed by atoms with Crippen LogP contribution in [0.15, 0.2) is 17.2 Å². The van der Waals surface area contributed by atoms with Gasteiger partial charge in [-0.2, -0.15) is 9.47 Å². The molecular weight excluding hydrogens is 286 g/mol. The maximum atomic E-state index is 12.0. The van der Waals surface area contributed by atoms with Crippen LogP contribution in [0, 0.1) is 0 Å². The van der Waals surface area contributed by atoms with Gasteiger partial charge in [0.25, 0.3) is 0 Å². The average Bonchev–Trinajstić information content (AvgIpc) is 2.93. The molecular formula is C10H15N5O2S2. The summed E-state index contributed by atoms with van der Waals surface area (Å²) in [5.41, 5.74) is 6.58. The van der Waals surface area contributed by atoms with Crippen molar-refractivity contribution in [1.82, 2.24) is 14.2 Å². The molecule has 104 valence electrons. The second kappa shape index (κ2) is 5.17. The minimum absolute atomic E-state index is 0.00396. The molecule has 2 heterocycles. The molecule has 2 rings (SSSR count). The van der Waals surface area contributed by atoms with Crippen molar-refractivity contribution >= 4 is 32.2 Å². The minimum Gasteiger partial charge on any atom is -0.382 e. The number of hydrogen-bond donors (Lipinski definition) is 2. The molecule has 0 saturated carbocycles. The lowest BCUT2D eigenvalue weighted by Crippen LogP contribution is -2.10. The number of nitrogens with one attached hydrogen (secondary N) is 1. The van der Waals surface area contributed by atoms with E-state index in [9.17, 15) is 8.42 Å². The molecule has 0 saturated heterocycles. The van der Waals surface area contributed by atoms with Gasteiger partial charge in [-0.15, -0.1) is 0 Å². The lowest BCUT2D eigenvalue weighted by atomic mass is 10.4. The van der Waals surface area contributed by atoms with E-state index in [-0.39, 0.29) is 16.5 Å². The van der Waals surface area contributed by atoms with Crippen LogP contribution in [0.25, 0.3) is 0 Å². The first kappa shape index (κ1) is 13.8. The zero-order chi connectivity index (χ0) is 14.0. The van der Waals surface area contributed by atoms with Crippen LogP contribution in [0.2, 0.25) is 0 Å². The Balaban J connectivity index is 2.25. The highest BCUT2D eigenvalue weighted by molar-refractivity contribution is 7.91. The largest absolute Gasteiger partial charge is 0.382 e. The lowest BCUT2D eigenvalue weighted by Gasteiger charge is -2.07. The maximum absolute atomic E-state index is 12.0. The number of aryl methyl sites for hydroxylation is 1. The van der Waals surface area contributed by atoms with Crippen LogP contribution in [-0.4, -0.2) is 28.3 Å². The Labute approximate surface area is 115 Å². The Hall–Kier alpha value is -1.61. The summed E-state index contributed by atoms with van der Waals surface area (Å²) in [4.78, 5) is 0.0992. The fraction of sp³-hybridized carbons (Fsp3) is 0.400. The van der Waals surface area contributed by atoms with E-state index >= 15 is 0 Å². The van der Waals surface area contributed by atoms with Crippen molar-refractivity contribution in [3.8, 4) is 0 Å². The van der Waals surface area contributed by atoms with Crippen molar-refractivity contribution in [2.24, 2.45) is 7.05 Å². The Bertz CT molecular complexity index is 674. The van der Waals surface area contributed by atoms with Gasteiger partial charge in [-0.05, 0) is 17.6 Å². The van der Waals surface area contributed by atoms with E-state index in [1.54, 1.807) is 17.8 Å². The summed E-state index contributed by atoms with van der Waals surface area (Å²) in [6.45, 7) is 2.04. The number of aromatic nitrogens is 3. The number of rotatable bonds is 5. The smallest absolute Gasteiger partial charge is 0.184 e. The first-order valence-corrected chi connectivity index (χ1v) is 8.07. The van der Waals surface area contributed by atoms with Crippen LogP contribution in [0.5, 0.6) is 0 Å². The van der Waals surface area contributed by atoms with Crippen LogP contribution >= 0.6 is 11.5 Å². The molecule has 0 atom stereocenters. The van der Waals surface area contributed by atoms with E-state index in [0.29, 0.717) is 11.5 Å². The van der Waals surface area contributed by atoms with Crippen molar-refractivity contribution < 1.29 is 8.42 Å². The quantitative estimate of drug-likeness (QED) is 0.849. The molecule has 0 fully saturated rings. The summed E-state index contributed by atoms with van der Waals surface area (Å²) in [5, 5.41) is 7.57. The molecule has 0 bridgehead atoms. The first-order valence-electron chi connectivity index (χ1n) is 5.64. The van der Waals surface area contributed by atoms with E-state index in [1.807, 2.05) is 13.1 Å². The number of nitrogen functional groups attached to an aromatic ring is 1. The van der Waals surface area contributed by atoms with Gasteiger partial charge >= 0.3 is 0 Å². The molecule has 7 nitrogen and oxygen atoms in total. The number of sulfone groups is 1. The molecule has 0 aliphatic heterocycles. The van der Waals surface area contributed by atoms with Crippen LogP contribution in [0.3, 0.4) is 0 Å². The van der Waals surface area contributed by atoms with Crippen LogP contribution < -0.4 is 11.1 Å². The van der Waals surface area contributed by atoms with E-state index in [1.165, 1.54) is 0 Å². The zero-order valence-corrected chi connectivity index (χ0v) is 12.3. The van der Waals surface area contributed by atoms with Gasteiger partial charge in [-0.25, -0.2) is 8.42 Å². The van der Waals surface area contributed by atoms with Gasteiger partial charge in [0.15, 0.2) is 15.7 Å². The molecule has 2 aromatic heterocycles. The predicted octanol–water partition coefficient (Wildman–Crippen LogP) is 0.864. The molecule has 0 aliphatic rings. The molecule has 9 heteroatoms. The van der Waals surface area contributed by atoms with E-state index in [0.717, 1.165) is 17.2 Å². The van der Waals surface area contributed by atoms with E-state index in [4.69, 9.17) is 5.73 Å².